The average Bonchev–Trinajstić information content (AvgIpc) is 2.23. The molecule has 3 N–H and O–H groups in total. The van der Waals surface area contributed by atoms with Gasteiger partial charge in [0.2, 0.25) is 0 Å². The van der Waals surface area contributed by atoms with E-state index in [4.69, 9.17) is 5.73 Å². The first-order valence-corrected chi connectivity index (χ1v) is 6.33. The Labute approximate surface area is 110 Å². The topological polar surface area (TPSA) is 67.1 Å². The van der Waals surface area contributed by atoms with Crippen molar-refractivity contribution < 1.29 is 0 Å². The molecule has 0 aliphatic rings. The highest BCUT2D eigenvalue weighted by Crippen LogP contribution is 2.19. The minimum absolute atomic E-state index is 0.340. The van der Waals surface area contributed by atoms with Gasteiger partial charge in [0.05, 0.1) is 0 Å². The summed E-state index contributed by atoms with van der Waals surface area (Å²) < 4.78 is 0. The Kier molecular flexibility index (Phi) is 4.90. The maximum atomic E-state index is 5.87. The number of nitrogens with one attached hydrogen (secondary N) is 1. The van der Waals surface area contributed by atoms with E-state index >= 15 is 0 Å². The number of nitrogens with two attached hydrogens (primary N) is 1. The smallest absolute Gasteiger partial charge is 0.135 e. The van der Waals surface area contributed by atoms with Gasteiger partial charge in [0, 0.05) is 18.2 Å². The van der Waals surface area contributed by atoms with Gasteiger partial charge in [-0.2, -0.15) is 0 Å². The second-order valence-electron chi connectivity index (χ2n) is 5.39. The predicted octanol–water partition coefficient (Wildman–Crippen LogP) is 1.67. The van der Waals surface area contributed by atoms with E-state index in [-0.39, 0.29) is 0 Å². The minimum atomic E-state index is 0.340. The lowest BCUT2D eigenvalue weighted by molar-refractivity contribution is 0.344. The molecular weight excluding hydrogens is 226 g/mol. The molecule has 102 valence electrons. The van der Waals surface area contributed by atoms with Crippen molar-refractivity contribution in [3.05, 3.63) is 11.4 Å². The molecule has 0 amide bonds. The van der Waals surface area contributed by atoms with E-state index in [1.807, 2.05) is 13.8 Å². The Morgan fingerprint density at radius 2 is 1.83 bits per heavy atom. The van der Waals surface area contributed by atoms with Crippen LogP contribution in [-0.4, -0.2) is 41.5 Å². The largest absolute Gasteiger partial charge is 0.383 e. The van der Waals surface area contributed by atoms with Gasteiger partial charge in [-0.25, -0.2) is 9.97 Å². The van der Waals surface area contributed by atoms with Crippen LogP contribution in [0, 0.1) is 19.8 Å². The van der Waals surface area contributed by atoms with Crippen molar-refractivity contribution in [2.75, 3.05) is 31.7 Å². The fraction of sp³-hybridized carbons (Fsp3) is 0.692. The average molecular weight is 251 g/mol. The normalized spacial score (nSPS) is 13.1. The summed E-state index contributed by atoms with van der Waals surface area (Å²) in [5.41, 5.74) is 6.79. The van der Waals surface area contributed by atoms with Crippen molar-refractivity contribution in [2.45, 2.75) is 33.7 Å². The van der Waals surface area contributed by atoms with Crippen LogP contribution in [-0.2, 0) is 0 Å². The lowest BCUT2D eigenvalue weighted by atomic mass is 10.0. The van der Waals surface area contributed by atoms with Crippen molar-refractivity contribution in [3.8, 4) is 0 Å². The molecule has 0 saturated carbocycles. The van der Waals surface area contributed by atoms with Gasteiger partial charge in [-0.15, -0.1) is 0 Å². The van der Waals surface area contributed by atoms with E-state index in [0.29, 0.717) is 23.6 Å². The zero-order valence-corrected chi connectivity index (χ0v) is 12.3. The predicted molar refractivity (Wildman–Crippen MR) is 76.7 cm³/mol. The number of hydrogen-bond acceptors (Lipinski definition) is 5. The molecule has 0 aliphatic heterocycles. The molecule has 1 unspecified atom stereocenters. The summed E-state index contributed by atoms with van der Waals surface area (Å²) in [6.07, 6.45) is 0. The Balaban J connectivity index is 2.93. The Hall–Kier alpha value is -1.36. The SMILES string of the molecule is Cc1nc(N)c(C)c(NC(CN(C)C)C(C)C)n1. The highest BCUT2D eigenvalue weighted by molar-refractivity contribution is 5.55. The molecule has 0 bridgehead atoms. The highest BCUT2D eigenvalue weighted by atomic mass is 15.1. The van der Waals surface area contributed by atoms with E-state index < -0.39 is 0 Å². The van der Waals surface area contributed by atoms with Gasteiger partial charge < -0.3 is 16.0 Å². The van der Waals surface area contributed by atoms with Gasteiger partial charge in [-0.1, -0.05) is 13.8 Å². The molecule has 1 heterocycles. The number of hydrogen-bond donors (Lipinski definition) is 2. The second kappa shape index (κ2) is 6.00. The molecule has 0 spiro atoms. The zero-order valence-electron chi connectivity index (χ0n) is 12.3. The second-order valence-corrected chi connectivity index (χ2v) is 5.39. The molecule has 5 nitrogen and oxygen atoms in total. The monoisotopic (exact) mass is 251 g/mol. The molecule has 0 fully saturated rings. The Morgan fingerprint density at radius 3 is 2.33 bits per heavy atom. The molecule has 0 radical (unpaired) electrons. The van der Waals surface area contributed by atoms with Crippen LogP contribution in [0.2, 0.25) is 0 Å². The molecule has 0 aliphatic carbocycles. The number of likely N-dealkylation sites (N-methyl/N-ethyl adjacent to an activating group) is 1. The van der Waals surface area contributed by atoms with Gasteiger partial charge in [-0.05, 0) is 33.9 Å². The van der Waals surface area contributed by atoms with Crippen molar-refractivity contribution in [2.24, 2.45) is 5.92 Å². The third-order valence-electron chi connectivity index (χ3n) is 2.98. The number of aryl methyl sites for hydroxylation is 1. The third-order valence-corrected chi connectivity index (χ3v) is 2.98. The number of nitrogens with zero attached hydrogens (tertiary/aromatic N) is 3. The zero-order chi connectivity index (χ0) is 13.9. The van der Waals surface area contributed by atoms with Crippen LogP contribution in [0.15, 0.2) is 0 Å². The van der Waals surface area contributed by atoms with Crippen LogP contribution in [0.25, 0.3) is 0 Å². The lowest BCUT2D eigenvalue weighted by Gasteiger charge is -2.27. The molecule has 0 aromatic carbocycles. The van der Waals surface area contributed by atoms with E-state index in [9.17, 15) is 0 Å². The van der Waals surface area contributed by atoms with Crippen LogP contribution in [0.5, 0.6) is 0 Å². The van der Waals surface area contributed by atoms with Gasteiger partial charge in [0.25, 0.3) is 0 Å². The fourth-order valence-corrected chi connectivity index (χ4v) is 1.78. The van der Waals surface area contributed by atoms with Crippen LogP contribution < -0.4 is 11.1 Å². The molecule has 1 aromatic heterocycles. The molecule has 0 saturated heterocycles. The summed E-state index contributed by atoms with van der Waals surface area (Å²) >= 11 is 0. The third kappa shape index (κ3) is 3.84. The number of anilines is 2. The summed E-state index contributed by atoms with van der Waals surface area (Å²) in [6, 6.07) is 0.340. The number of nitrogen functional groups attached to an aromatic ring is 1. The lowest BCUT2D eigenvalue weighted by Crippen LogP contribution is -2.37. The summed E-state index contributed by atoms with van der Waals surface area (Å²) in [5.74, 6) is 2.62. The van der Waals surface area contributed by atoms with E-state index in [1.54, 1.807) is 0 Å². The van der Waals surface area contributed by atoms with E-state index in [1.165, 1.54) is 0 Å². The Morgan fingerprint density at radius 1 is 1.22 bits per heavy atom. The first-order valence-electron chi connectivity index (χ1n) is 6.33. The summed E-state index contributed by atoms with van der Waals surface area (Å²) in [6.45, 7) is 9.17. The van der Waals surface area contributed by atoms with Crippen LogP contribution in [0.3, 0.4) is 0 Å². The maximum absolute atomic E-state index is 5.87. The number of aromatic nitrogens is 2. The first-order chi connectivity index (χ1) is 8.31. The Bertz CT molecular complexity index is 401. The van der Waals surface area contributed by atoms with Crippen LogP contribution >= 0.6 is 0 Å². The van der Waals surface area contributed by atoms with E-state index in [2.05, 4.69) is 48.1 Å². The van der Waals surface area contributed by atoms with Crippen molar-refractivity contribution in [1.29, 1.82) is 0 Å². The quantitative estimate of drug-likeness (QED) is 0.833. The van der Waals surface area contributed by atoms with Crippen LogP contribution in [0.4, 0.5) is 11.6 Å². The van der Waals surface area contributed by atoms with Gasteiger partial charge in [0.15, 0.2) is 0 Å². The number of rotatable bonds is 5. The molecule has 1 atom stereocenters. The van der Waals surface area contributed by atoms with Crippen molar-refractivity contribution in [1.82, 2.24) is 14.9 Å². The maximum Gasteiger partial charge on any atom is 0.135 e. The van der Waals surface area contributed by atoms with E-state index in [0.717, 1.165) is 17.9 Å². The van der Waals surface area contributed by atoms with Crippen molar-refractivity contribution in [3.63, 3.8) is 0 Å². The minimum Gasteiger partial charge on any atom is -0.383 e. The molecule has 5 heteroatoms. The van der Waals surface area contributed by atoms with Crippen molar-refractivity contribution >= 4 is 11.6 Å². The van der Waals surface area contributed by atoms with Crippen LogP contribution in [0.1, 0.15) is 25.2 Å². The van der Waals surface area contributed by atoms with Gasteiger partial charge >= 0.3 is 0 Å². The molecular formula is C13H25N5. The molecule has 18 heavy (non-hydrogen) atoms. The summed E-state index contributed by atoms with van der Waals surface area (Å²) in [4.78, 5) is 10.8. The van der Waals surface area contributed by atoms with Gasteiger partial charge in [-0.3, -0.25) is 0 Å². The molecule has 1 aromatic rings. The van der Waals surface area contributed by atoms with Gasteiger partial charge in [0.1, 0.15) is 17.5 Å². The molecule has 1 rings (SSSR count). The summed E-state index contributed by atoms with van der Waals surface area (Å²) in [7, 11) is 4.15. The first kappa shape index (κ1) is 14.7. The fourth-order valence-electron chi connectivity index (χ4n) is 1.78. The highest BCUT2D eigenvalue weighted by Gasteiger charge is 2.17. The summed E-state index contributed by atoms with van der Waals surface area (Å²) in [5, 5.41) is 3.49. The standard InChI is InChI=1S/C13H25N5/c1-8(2)11(7-18(5)6)17-13-9(3)12(14)15-10(4)16-13/h8,11H,7H2,1-6H3,(H3,14,15,16,17).